The fourth-order valence-corrected chi connectivity index (χ4v) is 2.12. The fraction of sp³-hybridized carbons (Fsp3) is 0.357. The van der Waals surface area contributed by atoms with E-state index in [4.69, 9.17) is 11.6 Å². The highest BCUT2D eigenvalue weighted by molar-refractivity contribution is 6.30. The van der Waals surface area contributed by atoms with Gasteiger partial charge < -0.3 is 5.32 Å². The molecule has 0 saturated heterocycles. The Balaban J connectivity index is 2.36. The zero-order valence-electron chi connectivity index (χ0n) is 11.0. The summed E-state index contributed by atoms with van der Waals surface area (Å²) in [7, 11) is 1.96. The summed E-state index contributed by atoms with van der Waals surface area (Å²) >= 11 is 6.05. The van der Waals surface area contributed by atoms with E-state index in [2.05, 4.69) is 23.5 Å². The van der Waals surface area contributed by atoms with E-state index in [0.29, 0.717) is 0 Å². The van der Waals surface area contributed by atoms with Crippen molar-refractivity contribution in [3.8, 4) is 5.69 Å². The van der Waals surface area contributed by atoms with Crippen LogP contribution in [0.5, 0.6) is 0 Å². The monoisotopic (exact) mass is 263 g/mol. The number of aromatic nitrogens is 2. The summed E-state index contributed by atoms with van der Waals surface area (Å²) in [5.74, 6) is 0. The Morgan fingerprint density at radius 2 is 2.11 bits per heavy atom. The summed E-state index contributed by atoms with van der Waals surface area (Å²) in [6.07, 6.45) is 3.08. The van der Waals surface area contributed by atoms with Crippen LogP contribution in [0.3, 0.4) is 0 Å². The van der Waals surface area contributed by atoms with Crippen molar-refractivity contribution in [2.75, 3.05) is 13.6 Å². The van der Waals surface area contributed by atoms with Crippen LogP contribution in [0.15, 0.2) is 24.4 Å². The molecule has 0 saturated carbocycles. The van der Waals surface area contributed by atoms with Gasteiger partial charge in [-0.2, -0.15) is 5.10 Å². The van der Waals surface area contributed by atoms with Gasteiger partial charge in [-0.05, 0) is 57.1 Å². The Morgan fingerprint density at radius 3 is 2.83 bits per heavy atom. The van der Waals surface area contributed by atoms with E-state index in [1.54, 1.807) is 0 Å². The fourth-order valence-electron chi connectivity index (χ4n) is 1.95. The maximum atomic E-state index is 6.05. The number of hydrogen-bond donors (Lipinski definition) is 1. The second kappa shape index (κ2) is 5.55. The minimum Gasteiger partial charge on any atom is -0.319 e. The molecule has 0 amide bonds. The summed E-state index contributed by atoms with van der Waals surface area (Å²) in [5.41, 5.74) is 4.55. The van der Waals surface area contributed by atoms with Gasteiger partial charge >= 0.3 is 0 Å². The van der Waals surface area contributed by atoms with Crippen LogP contribution in [-0.2, 0) is 6.42 Å². The molecule has 0 aliphatic carbocycles. The maximum Gasteiger partial charge on any atom is 0.0689 e. The van der Waals surface area contributed by atoms with Crippen molar-refractivity contribution in [1.82, 2.24) is 15.1 Å². The van der Waals surface area contributed by atoms with Crippen molar-refractivity contribution in [3.05, 3.63) is 46.2 Å². The molecule has 2 rings (SSSR count). The zero-order chi connectivity index (χ0) is 13.1. The van der Waals surface area contributed by atoms with E-state index in [-0.39, 0.29) is 0 Å². The molecule has 1 aromatic heterocycles. The first-order valence-corrected chi connectivity index (χ1v) is 6.46. The normalized spacial score (nSPS) is 10.9. The number of halogens is 1. The van der Waals surface area contributed by atoms with Crippen LogP contribution in [0.4, 0.5) is 0 Å². The second-order valence-electron chi connectivity index (χ2n) is 4.47. The van der Waals surface area contributed by atoms with Gasteiger partial charge in [0, 0.05) is 11.2 Å². The topological polar surface area (TPSA) is 29.9 Å². The van der Waals surface area contributed by atoms with Crippen molar-refractivity contribution < 1.29 is 0 Å². The Hall–Kier alpha value is -1.32. The van der Waals surface area contributed by atoms with E-state index >= 15 is 0 Å². The van der Waals surface area contributed by atoms with Gasteiger partial charge in [0.2, 0.25) is 0 Å². The van der Waals surface area contributed by atoms with Crippen molar-refractivity contribution in [2.24, 2.45) is 0 Å². The minimum atomic E-state index is 0.737. The third kappa shape index (κ3) is 2.74. The molecule has 4 heteroatoms. The molecule has 0 atom stereocenters. The highest BCUT2D eigenvalue weighted by Crippen LogP contribution is 2.20. The van der Waals surface area contributed by atoms with Gasteiger partial charge in [-0.25, -0.2) is 4.68 Å². The molecule has 1 N–H and O–H groups in total. The number of benzene rings is 1. The third-order valence-corrected chi connectivity index (χ3v) is 3.30. The smallest absolute Gasteiger partial charge is 0.0689 e. The van der Waals surface area contributed by atoms with Crippen LogP contribution < -0.4 is 5.32 Å². The summed E-state index contributed by atoms with van der Waals surface area (Å²) in [6, 6.07) is 5.87. The summed E-state index contributed by atoms with van der Waals surface area (Å²) in [6.45, 7) is 5.07. The molecule has 0 radical (unpaired) electrons. The molecule has 1 aromatic carbocycles. The van der Waals surface area contributed by atoms with E-state index < -0.39 is 0 Å². The maximum absolute atomic E-state index is 6.05. The van der Waals surface area contributed by atoms with E-state index in [1.807, 2.05) is 36.9 Å². The summed E-state index contributed by atoms with van der Waals surface area (Å²) in [4.78, 5) is 0. The van der Waals surface area contributed by atoms with Crippen molar-refractivity contribution >= 4 is 11.6 Å². The standard InChI is InChI=1S/C14H18ClN3/c1-10-4-5-13(15)8-14(10)18-9-12(6-7-16-3)11(2)17-18/h4-5,8-9,16H,6-7H2,1-3H3. The molecule has 0 fully saturated rings. The minimum absolute atomic E-state index is 0.737. The summed E-state index contributed by atoms with van der Waals surface area (Å²) in [5, 5.41) is 8.46. The molecule has 18 heavy (non-hydrogen) atoms. The molecule has 0 aliphatic heterocycles. The number of nitrogens with zero attached hydrogens (tertiary/aromatic N) is 2. The lowest BCUT2D eigenvalue weighted by atomic mass is 10.2. The van der Waals surface area contributed by atoms with Crippen molar-refractivity contribution in [3.63, 3.8) is 0 Å². The molecule has 0 unspecified atom stereocenters. The van der Waals surface area contributed by atoms with Gasteiger partial charge in [0.25, 0.3) is 0 Å². The molecule has 1 heterocycles. The zero-order valence-corrected chi connectivity index (χ0v) is 11.8. The average molecular weight is 264 g/mol. The first-order valence-electron chi connectivity index (χ1n) is 6.08. The first-order chi connectivity index (χ1) is 8.61. The van der Waals surface area contributed by atoms with Crippen LogP contribution in [0.25, 0.3) is 5.69 Å². The van der Waals surface area contributed by atoms with Gasteiger partial charge in [0.15, 0.2) is 0 Å². The van der Waals surface area contributed by atoms with Crippen LogP contribution >= 0.6 is 11.6 Å². The lowest BCUT2D eigenvalue weighted by Crippen LogP contribution is -2.10. The largest absolute Gasteiger partial charge is 0.319 e. The molecular formula is C14H18ClN3. The summed E-state index contributed by atoms with van der Waals surface area (Å²) < 4.78 is 1.92. The van der Waals surface area contributed by atoms with Gasteiger partial charge in [-0.3, -0.25) is 0 Å². The van der Waals surface area contributed by atoms with Crippen LogP contribution in [0.1, 0.15) is 16.8 Å². The number of aryl methyl sites for hydroxylation is 2. The number of hydrogen-bond acceptors (Lipinski definition) is 2. The molecule has 96 valence electrons. The van der Waals surface area contributed by atoms with E-state index in [1.165, 1.54) is 11.1 Å². The van der Waals surface area contributed by atoms with Crippen LogP contribution in [0, 0.1) is 13.8 Å². The Labute approximate surface area is 113 Å². The van der Waals surface area contributed by atoms with E-state index in [9.17, 15) is 0 Å². The number of rotatable bonds is 4. The van der Waals surface area contributed by atoms with Gasteiger partial charge in [0.05, 0.1) is 11.4 Å². The predicted molar refractivity (Wildman–Crippen MR) is 75.7 cm³/mol. The Kier molecular flexibility index (Phi) is 4.04. The molecule has 0 bridgehead atoms. The Bertz CT molecular complexity index is 546. The second-order valence-corrected chi connectivity index (χ2v) is 4.91. The molecule has 2 aromatic rings. The molecule has 0 aliphatic rings. The van der Waals surface area contributed by atoms with Gasteiger partial charge in [-0.1, -0.05) is 17.7 Å². The van der Waals surface area contributed by atoms with Crippen LogP contribution in [-0.4, -0.2) is 23.4 Å². The van der Waals surface area contributed by atoms with Crippen molar-refractivity contribution in [2.45, 2.75) is 20.3 Å². The van der Waals surface area contributed by atoms with Gasteiger partial charge in [0.1, 0.15) is 0 Å². The SMILES string of the molecule is CNCCc1cn(-c2cc(Cl)ccc2C)nc1C. The predicted octanol–water partition coefficient (Wildman–Crippen LogP) is 2.90. The number of likely N-dealkylation sites (N-methyl/N-ethyl adjacent to an activating group) is 1. The van der Waals surface area contributed by atoms with E-state index in [0.717, 1.165) is 29.4 Å². The lowest BCUT2D eigenvalue weighted by molar-refractivity contribution is 0.788. The highest BCUT2D eigenvalue weighted by atomic mass is 35.5. The molecule has 0 spiro atoms. The highest BCUT2D eigenvalue weighted by Gasteiger charge is 2.08. The number of nitrogens with one attached hydrogen (secondary N) is 1. The quantitative estimate of drug-likeness (QED) is 0.919. The molecule has 3 nitrogen and oxygen atoms in total. The average Bonchev–Trinajstić information content (AvgIpc) is 2.71. The lowest BCUT2D eigenvalue weighted by Gasteiger charge is -2.05. The van der Waals surface area contributed by atoms with Crippen molar-refractivity contribution in [1.29, 1.82) is 0 Å². The first kappa shape index (κ1) is 13.1. The van der Waals surface area contributed by atoms with Crippen LogP contribution in [0.2, 0.25) is 5.02 Å². The molecular weight excluding hydrogens is 246 g/mol. The Morgan fingerprint density at radius 1 is 1.33 bits per heavy atom. The van der Waals surface area contributed by atoms with Gasteiger partial charge in [-0.15, -0.1) is 0 Å². The third-order valence-electron chi connectivity index (χ3n) is 3.06.